The van der Waals surface area contributed by atoms with Gasteiger partial charge in [-0.15, -0.1) is 0 Å². The van der Waals surface area contributed by atoms with Crippen molar-refractivity contribution in [2.45, 2.75) is 0 Å². The second-order valence-electron chi connectivity index (χ2n) is 0.696. The van der Waals surface area contributed by atoms with Crippen molar-refractivity contribution in [2.24, 2.45) is 0 Å². The number of carbonyl (C=O) groups is 1. The Labute approximate surface area is 38.5 Å². The molecule has 0 amide bonds. The third kappa shape index (κ3) is 4.00. The summed E-state index contributed by atoms with van der Waals surface area (Å²) < 4.78 is 4.17. The first-order chi connectivity index (χ1) is 2.27. The van der Waals surface area contributed by atoms with Crippen LogP contribution in [0.15, 0.2) is 0 Å². The Morgan fingerprint density at radius 2 is 2.20 bits per heavy atom. The normalized spacial score (nSPS) is 6.60. The summed E-state index contributed by atoms with van der Waals surface area (Å²) in [6, 6.07) is 0. The van der Waals surface area contributed by atoms with Gasteiger partial charge in [-0.2, -0.15) is 0 Å². The highest BCUT2D eigenvalue weighted by atomic mass is 27.0. The largest absolute Gasteiger partial charge is 0.484 e. The molecule has 0 radical (unpaired) electrons. The van der Waals surface area contributed by atoms with E-state index in [1.165, 1.54) is 7.11 Å². The summed E-state index contributed by atoms with van der Waals surface area (Å²) >= 11 is 0.508. The molecular formula is C2H5AlO2. The molecule has 0 rings (SSSR count). The van der Waals surface area contributed by atoms with Crippen LogP contribution in [0.3, 0.4) is 0 Å². The molecule has 0 fully saturated rings. The molecule has 0 unspecified atom stereocenters. The van der Waals surface area contributed by atoms with E-state index in [9.17, 15) is 4.79 Å². The molecule has 0 aliphatic heterocycles. The Kier molecular flexibility index (Phi) is 2.25. The number of hydrogen-bond donors (Lipinski definition) is 0. The molecule has 0 N–H and O–H groups in total. The van der Waals surface area contributed by atoms with Gasteiger partial charge in [0.25, 0.3) is 0 Å². The minimum absolute atomic E-state index is 0.106. The molecule has 0 aromatic carbocycles. The van der Waals surface area contributed by atoms with Gasteiger partial charge in [-0.25, -0.2) is 0 Å². The Morgan fingerprint density at radius 3 is 2.20 bits per heavy atom. The molecule has 3 heteroatoms. The Balaban J connectivity index is 2.85. The standard InChI is InChI=1S/C2H3O2.Al.2H/c1-4-2-3;;;/h1H3;;;. The molecule has 0 heterocycles. The van der Waals surface area contributed by atoms with E-state index in [1.54, 1.807) is 0 Å². The van der Waals surface area contributed by atoms with Gasteiger partial charge in [0, 0.05) is 0 Å². The molecule has 0 saturated carbocycles. The average Bonchev–Trinajstić information content (AvgIpc) is 1.38. The van der Waals surface area contributed by atoms with Gasteiger partial charge in [0.2, 0.25) is 0 Å². The van der Waals surface area contributed by atoms with Crippen LogP contribution in [0.1, 0.15) is 0 Å². The summed E-state index contributed by atoms with van der Waals surface area (Å²) in [5.41, 5.74) is 0. The molecule has 0 aromatic heterocycles. The Morgan fingerprint density at radius 1 is 2.00 bits per heavy atom. The number of rotatable bonds is 0. The minimum atomic E-state index is -0.106. The molecule has 0 bridgehead atoms. The predicted molar refractivity (Wildman–Crippen MR) is 20.9 cm³/mol. The van der Waals surface area contributed by atoms with Crippen molar-refractivity contribution in [3.63, 3.8) is 0 Å². The van der Waals surface area contributed by atoms with Gasteiger partial charge in [-0.3, -0.25) is 4.79 Å². The average molecular weight is 88.0 g/mol. The quantitative estimate of drug-likeness (QED) is 0.369. The summed E-state index contributed by atoms with van der Waals surface area (Å²) in [6.45, 7) is 0. The van der Waals surface area contributed by atoms with Gasteiger partial charge in [0.05, 0.1) is 7.11 Å². The first-order valence-electron chi connectivity index (χ1n) is 1.32. The van der Waals surface area contributed by atoms with Crippen LogP contribution >= 0.6 is 0 Å². The Hall–Kier alpha value is 0.00247. The van der Waals surface area contributed by atoms with Crippen LogP contribution in [0.4, 0.5) is 4.79 Å². The maximum atomic E-state index is 9.65. The zero-order valence-corrected chi connectivity index (χ0v) is 5.32. The van der Waals surface area contributed by atoms with E-state index in [2.05, 4.69) is 4.74 Å². The highest BCUT2D eigenvalue weighted by Crippen LogP contribution is 1.59. The van der Waals surface area contributed by atoms with E-state index in [4.69, 9.17) is 0 Å². The highest BCUT2D eigenvalue weighted by Gasteiger charge is 1.76. The molecule has 0 aliphatic rings. The maximum Gasteiger partial charge on any atom is 0.388 e. The smallest absolute Gasteiger partial charge is 0.388 e. The van der Waals surface area contributed by atoms with Crippen LogP contribution < -0.4 is 0 Å². The fourth-order valence-electron chi connectivity index (χ4n) is 0. The summed E-state index contributed by atoms with van der Waals surface area (Å²) in [7, 11) is 1.38. The second-order valence-corrected chi connectivity index (χ2v) is 1.51. The van der Waals surface area contributed by atoms with Crippen LogP contribution in [0, 0.1) is 0 Å². The minimum Gasteiger partial charge on any atom is -0.484 e. The third-order valence-corrected chi connectivity index (χ3v) is 0.696. The second kappa shape index (κ2) is 2.25. The number of hydrogen-bond acceptors (Lipinski definition) is 2. The fraction of sp³-hybridized carbons (Fsp3) is 0.500. The lowest BCUT2D eigenvalue weighted by Crippen LogP contribution is -1.92. The van der Waals surface area contributed by atoms with Crippen LogP contribution in [0.2, 0.25) is 0 Å². The topological polar surface area (TPSA) is 26.3 Å². The third-order valence-electron chi connectivity index (χ3n) is 0.287. The SMILES string of the molecule is CO[C](=O)[AlH2]. The first kappa shape index (κ1) is 5.00. The van der Waals surface area contributed by atoms with Crippen LogP contribution in [0.5, 0.6) is 0 Å². The number of carbonyl (C=O) groups excluding carboxylic acids is 1. The van der Waals surface area contributed by atoms with Crippen molar-refractivity contribution < 1.29 is 9.53 Å². The van der Waals surface area contributed by atoms with Crippen molar-refractivity contribution in [3.8, 4) is 0 Å². The van der Waals surface area contributed by atoms with Crippen molar-refractivity contribution in [3.05, 3.63) is 0 Å². The molecule has 2 nitrogen and oxygen atoms in total. The number of ether oxygens (including phenoxy) is 1. The monoisotopic (exact) mass is 88.0 g/mol. The highest BCUT2D eigenvalue weighted by molar-refractivity contribution is 6.55. The summed E-state index contributed by atoms with van der Waals surface area (Å²) in [5, 5.41) is 0. The lowest BCUT2D eigenvalue weighted by atomic mass is 11.5. The fourth-order valence-corrected chi connectivity index (χ4v) is 0. The lowest BCUT2D eigenvalue weighted by Gasteiger charge is -1.82. The molecule has 0 spiro atoms. The molecule has 5 heavy (non-hydrogen) atoms. The number of methoxy groups -OCH3 is 1. The zero-order valence-electron chi connectivity index (χ0n) is 3.32. The van der Waals surface area contributed by atoms with E-state index in [1.807, 2.05) is 0 Å². The maximum absolute atomic E-state index is 9.65. The zero-order chi connectivity index (χ0) is 4.28. The summed E-state index contributed by atoms with van der Waals surface area (Å²) in [5.74, 6) is 0. The van der Waals surface area contributed by atoms with Gasteiger partial charge >= 0.3 is 16.3 Å². The molecule has 0 saturated heterocycles. The summed E-state index contributed by atoms with van der Waals surface area (Å²) in [4.78, 5) is 9.55. The molecule has 0 aromatic rings. The molecule has 28 valence electrons. The Bertz CT molecular complexity index is 42.9. The van der Waals surface area contributed by atoms with E-state index in [-0.39, 0.29) is 4.83 Å². The molecule has 0 atom stereocenters. The van der Waals surface area contributed by atoms with Crippen molar-refractivity contribution in [2.75, 3.05) is 7.11 Å². The van der Waals surface area contributed by atoms with Crippen molar-refractivity contribution in [1.29, 1.82) is 0 Å². The van der Waals surface area contributed by atoms with Gasteiger partial charge < -0.3 is 4.74 Å². The van der Waals surface area contributed by atoms with E-state index in [0.717, 1.165) is 0 Å². The van der Waals surface area contributed by atoms with Crippen LogP contribution in [-0.4, -0.2) is 28.2 Å². The van der Waals surface area contributed by atoms with E-state index < -0.39 is 0 Å². The lowest BCUT2D eigenvalue weighted by molar-refractivity contribution is 0.198. The van der Waals surface area contributed by atoms with Gasteiger partial charge in [-0.1, -0.05) is 0 Å². The van der Waals surface area contributed by atoms with Crippen LogP contribution in [-0.2, 0) is 4.74 Å². The van der Waals surface area contributed by atoms with Gasteiger partial charge in [-0.05, 0) is 0 Å². The van der Waals surface area contributed by atoms with Gasteiger partial charge in [0.15, 0.2) is 4.83 Å². The molecule has 0 aliphatic carbocycles. The van der Waals surface area contributed by atoms with E-state index in [0.29, 0.717) is 16.3 Å². The predicted octanol–water partition coefficient (Wildman–Crippen LogP) is -0.614. The first-order valence-corrected chi connectivity index (χ1v) is 2.32. The van der Waals surface area contributed by atoms with Gasteiger partial charge in [0.1, 0.15) is 0 Å². The molecular weight excluding hydrogens is 83.0 g/mol. The van der Waals surface area contributed by atoms with Crippen LogP contribution in [0.25, 0.3) is 0 Å². The van der Waals surface area contributed by atoms with Crippen molar-refractivity contribution in [1.82, 2.24) is 0 Å². The van der Waals surface area contributed by atoms with E-state index >= 15 is 0 Å². The summed E-state index contributed by atoms with van der Waals surface area (Å²) in [6.07, 6.45) is 0. The van der Waals surface area contributed by atoms with Crippen molar-refractivity contribution >= 4 is 21.1 Å².